The molecule has 0 saturated carbocycles. The van der Waals surface area contributed by atoms with Gasteiger partial charge in [0.15, 0.2) is 0 Å². The monoisotopic (exact) mass is 334 g/mol. The van der Waals surface area contributed by atoms with E-state index < -0.39 is 0 Å². The Morgan fingerprint density at radius 2 is 1.71 bits per heavy atom. The molecule has 1 aliphatic carbocycles. The fourth-order valence-electron chi connectivity index (χ4n) is 3.37. The van der Waals surface area contributed by atoms with Crippen molar-refractivity contribution in [2.24, 2.45) is 0 Å². The highest BCUT2D eigenvalue weighted by Gasteiger charge is 2.22. The molecular formula is C20H15Br. The van der Waals surface area contributed by atoms with Crippen molar-refractivity contribution in [3.8, 4) is 0 Å². The van der Waals surface area contributed by atoms with Gasteiger partial charge in [0.2, 0.25) is 0 Å². The van der Waals surface area contributed by atoms with Gasteiger partial charge in [-0.25, -0.2) is 0 Å². The highest BCUT2D eigenvalue weighted by Crippen LogP contribution is 2.41. The van der Waals surface area contributed by atoms with Crippen LogP contribution in [0.3, 0.4) is 0 Å². The quantitative estimate of drug-likeness (QED) is 0.506. The molecule has 102 valence electrons. The number of hydrogen-bond donors (Lipinski definition) is 0. The van der Waals surface area contributed by atoms with Crippen LogP contribution in [0.15, 0.2) is 65.1 Å². The third kappa shape index (κ3) is 1.96. The molecule has 0 bridgehead atoms. The van der Waals surface area contributed by atoms with Crippen LogP contribution >= 0.6 is 15.9 Å². The number of aryl methyl sites for hydroxylation is 1. The van der Waals surface area contributed by atoms with Crippen LogP contribution in [-0.2, 0) is 0 Å². The fraction of sp³-hybridized carbons (Fsp3) is 0.100. The van der Waals surface area contributed by atoms with E-state index in [-0.39, 0.29) is 0 Å². The van der Waals surface area contributed by atoms with Crippen LogP contribution in [0.2, 0.25) is 0 Å². The molecule has 0 saturated heterocycles. The van der Waals surface area contributed by atoms with Crippen molar-refractivity contribution < 1.29 is 0 Å². The maximum Gasteiger partial charge on any atom is 0.0287 e. The normalized spacial score (nSPS) is 16.4. The first-order valence-corrected chi connectivity index (χ1v) is 8.00. The summed E-state index contributed by atoms with van der Waals surface area (Å²) in [5.74, 6) is 0.360. The summed E-state index contributed by atoms with van der Waals surface area (Å²) in [4.78, 5) is 0. The maximum absolute atomic E-state index is 3.68. The molecule has 0 fully saturated rings. The summed E-state index contributed by atoms with van der Waals surface area (Å²) < 4.78 is 1.16. The summed E-state index contributed by atoms with van der Waals surface area (Å²) in [5.41, 5.74) is 5.53. The van der Waals surface area contributed by atoms with Gasteiger partial charge in [-0.2, -0.15) is 0 Å². The lowest BCUT2D eigenvalue weighted by Crippen LogP contribution is -2.00. The first kappa shape index (κ1) is 12.8. The third-order valence-electron chi connectivity index (χ3n) is 4.38. The van der Waals surface area contributed by atoms with E-state index in [0.717, 1.165) is 4.47 Å². The molecule has 21 heavy (non-hydrogen) atoms. The molecule has 1 heteroatoms. The van der Waals surface area contributed by atoms with E-state index in [1.807, 2.05) is 0 Å². The van der Waals surface area contributed by atoms with Crippen LogP contribution in [0.25, 0.3) is 16.8 Å². The first-order valence-electron chi connectivity index (χ1n) is 7.20. The Morgan fingerprint density at radius 3 is 2.62 bits per heavy atom. The van der Waals surface area contributed by atoms with Gasteiger partial charge in [-0.05, 0) is 46.0 Å². The van der Waals surface area contributed by atoms with Crippen molar-refractivity contribution in [2.75, 3.05) is 0 Å². The molecule has 0 heterocycles. The van der Waals surface area contributed by atoms with Gasteiger partial charge in [0.1, 0.15) is 0 Å². The smallest absolute Gasteiger partial charge is 0.0287 e. The van der Waals surface area contributed by atoms with Crippen LogP contribution < -0.4 is 0 Å². The zero-order valence-electron chi connectivity index (χ0n) is 11.8. The Morgan fingerprint density at radius 1 is 0.857 bits per heavy atom. The second-order valence-electron chi connectivity index (χ2n) is 5.60. The van der Waals surface area contributed by atoms with Crippen LogP contribution in [0.5, 0.6) is 0 Å². The number of benzene rings is 3. The topological polar surface area (TPSA) is 0 Å². The summed E-state index contributed by atoms with van der Waals surface area (Å²) in [7, 11) is 0. The molecule has 3 aromatic carbocycles. The minimum absolute atomic E-state index is 0.360. The lowest BCUT2D eigenvalue weighted by atomic mass is 9.86. The zero-order chi connectivity index (χ0) is 14.4. The van der Waals surface area contributed by atoms with Gasteiger partial charge >= 0.3 is 0 Å². The van der Waals surface area contributed by atoms with E-state index in [2.05, 4.69) is 89.6 Å². The number of rotatable bonds is 1. The van der Waals surface area contributed by atoms with E-state index in [1.165, 1.54) is 33.0 Å². The highest BCUT2D eigenvalue weighted by atomic mass is 79.9. The summed E-state index contributed by atoms with van der Waals surface area (Å²) in [6.07, 6.45) is 4.57. The van der Waals surface area contributed by atoms with E-state index in [0.29, 0.717) is 5.92 Å². The highest BCUT2D eigenvalue weighted by molar-refractivity contribution is 9.10. The fourth-order valence-corrected chi connectivity index (χ4v) is 3.86. The Hall–Kier alpha value is -1.86. The summed E-state index contributed by atoms with van der Waals surface area (Å²) >= 11 is 3.68. The predicted octanol–water partition coefficient (Wildman–Crippen LogP) is 6.07. The lowest BCUT2D eigenvalue weighted by molar-refractivity contribution is 1.04. The number of hydrogen-bond acceptors (Lipinski definition) is 0. The molecule has 0 N–H and O–H groups in total. The number of halogens is 1. The third-order valence-corrected chi connectivity index (χ3v) is 5.07. The van der Waals surface area contributed by atoms with Crippen molar-refractivity contribution in [3.05, 3.63) is 87.4 Å². The van der Waals surface area contributed by atoms with E-state index >= 15 is 0 Å². The van der Waals surface area contributed by atoms with Gasteiger partial charge < -0.3 is 0 Å². The second-order valence-corrected chi connectivity index (χ2v) is 6.45. The largest absolute Gasteiger partial charge is 0.0720 e. The summed E-state index contributed by atoms with van der Waals surface area (Å²) in [6, 6.07) is 19.6. The van der Waals surface area contributed by atoms with Crippen LogP contribution in [0, 0.1) is 6.92 Å². The van der Waals surface area contributed by atoms with Crippen molar-refractivity contribution in [1.82, 2.24) is 0 Å². The van der Waals surface area contributed by atoms with Crippen molar-refractivity contribution in [3.63, 3.8) is 0 Å². The molecule has 4 rings (SSSR count). The van der Waals surface area contributed by atoms with Gasteiger partial charge in [-0.3, -0.25) is 0 Å². The zero-order valence-corrected chi connectivity index (χ0v) is 13.4. The Balaban J connectivity index is 2.02. The average Bonchev–Trinajstić information content (AvgIpc) is 2.91. The van der Waals surface area contributed by atoms with Crippen LogP contribution in [0.4, 0.5) is 0 Å². The molecular weight excluding hydrogens is 320 g/mol. The second kappa shape index (κ2) is 4.85. The molecule has 0 aromatic heterocycles. The minimum atomic E-state index is 0.360. The van der Waals surface area contributed by atoms with Crippen LogP contribution in [-0.4, -0.2) is 0 Å². The molecule has 0 aliphatic heterocycles. The SMILES string of the molecule is Cc1ccc2c(Br)cccc2c1C1C=Cc2ccccc21. The molecule has 0 spiro atoms. The molecule has 1 atom stereocenters. The van der Waals surface area contributed by atoms with Gasteiger partial charge in [-0.1, -0.05) is 76.6 Å². The first-order chi connectivity index (χ1) is 10.3. The molecule has 1 aliphatic rings. The Bertz CT molecular complexity index is 874. The van der Waals surface area contributed by atoms with Crippen molar-refractivity contribution in [1.29, 1.82) is 0 Å². The van der Waals surface area contributed by atoms with Crippen molar-refractivity contribution >= 4 is 32.8 Å². The molecule has 1 unspecified atom stereocenters. The molecule has 0 radical (unpaired) electrons. The minimum Gasteiger partial charge on any atom is -0.0720 e. The maximum atomic E-state index is 3.68. The van der Waals surface area contributed by atoms with Crippen LogP contribution in [0.1, 0.15) is 28.2 Å². The van der Waals surface area contributed by atoms with E-state index in [4.69, 9.17) is 0 Å². The Kier molecular flexibility index (Phi) is 2.97. The predicted molar refractivity (Wildman–Crippen MR) is 93.7 cm³/mol. The number of fused-ring (bicyclic) bond motifs is 2. The van der Waals surface area contributed by atoms with Gasteiger partial charge in [-0.15, -0.1) is 0 Å². The number of allylic oxidation sites excluding steroid dienone is 1. The lowest BCUT2D eigenvalue weighted by Gasteiger charge is -2.18. The summed E-state index contributed by atoms with van der Waals surface area (Å²) in [6.45, 7) is 2.21. The van der Waals surface area contributed by atoms with Crippen molar-refractivity contribution in [2.45, 2.75) is 12.8 Å². The van der Waals surface area contributed by atoms with E-state index in [1.54, 1.807) is 0 Å². The van der Waals surface area contributed by atoms with Gasteiger partial charge in [0.05, 0.1) is 0 Å². The van der Waals surface area contributed by atoms with Gasteiger partial charge in [0.25, 0.3) is 0 Å². The van der Waals surface area contributed by atoms with E-state index in [9.17, 15) is 0 Å². The van der Waals surface area contributed by atoms with Gasteiger partial charge in [0, 0.05) is 10.4 Å². The standard InChI is InChI=1S/C20H15Br/c1-13-9-11-16-17(7-4-8-19(16)21)20(13)18-12-10-14-5-2-3-6-15(14)18/h2-12,18H,1H3. The molecule has 0 nitrogen and oxygen atoms in total. The average molecular weight is 335 g/mol. The molecule has 0 amide bonds. The summed E-state index contributed by atoms with van der Waals surface area (Å²) in [5, 5.41) is 2.63. The molecule has 3 aromatic rings. The Labute approximate surface area is 133 Å².